The van der Waals surface area contributed by atoms with Crippen molar-refractivity contribution in [1.29, 1.82) is 0 Å². The molecule has 1 aliphatic rings. The van der Waals surface area contributed by atoms with E-state index in [0.29, 0.717) is 0 Å². The van der Waals surface area contributed by atoms with E-state index in [9.17, 15) is 17.9 Å². The second-order valence-electron chi connectivity index (χ2n) is 5.96. The lowest BCUT2D eigenvalue weighted by Crippen LogP contribution is -2.41. The second-order valence-corrected chi connectivity index (χ2v) is 7.65. The number of rotatable bonds is 4. The van der Waals surface area contributed by atoms with Crippen LogP contribution in [0.25, 0.3) is 0 Å². The molecule has 1 saturated carbocycles. The van der Waals surface area contributed by atoms with Gasteiger partial charge < -0.3 is 5.11 Å². The predicted octanol–water partition coefficient (Wildman–Crippen LogP) is 2.18. The normalized spacial score (nSPS) is 22.1. The fourth-order valence-corrected chi connectivity index (χ4v) is 4.39. The van der Waals surface area contributed by atoms with Crippen molar-refractivity contribution in [3.63, 3.8) is 0 Å². The molecule has 0 spiro atoms. The van der Waals surface area contributed by atoms with E-state index in [4.69, 9.17) is 0 Å². The SMILES string of the molecule is CC1(C)CCCC1NS(=O)(=O)c1cc(F)ccc1CO. The summed E-state index contributed by atoms with van der Waals surface area (Å²) in [6.45, 7) is 3.60. The highest BCUT2D eigenvalue weighted by atomic mass is 32.2. The summed E-state index contributed by atoms with van der Waals surface area (Å²) in [5.41, 5.74) is 0.0921. The number of hydrogen-bond acceptors (Lipinski definition) is 3. The van der Waals surface area contributed by atoms with Crippen molar-refractivity contribution in [3.8, 4) is 0 Å². The molecule has 1 unspecified atom stereocenters. The van der Waals surface area contributed by atoms with Gasteiger partial charge in [-0.2, -0.15) is 0 Å². The summed E-state index contributed by atoms with van der Waals surface area (Å²) in [7, 11) is -3.83. The van der Waals surface area contributed by atoms with Crippen LogP contribution in [0.4, 0.5) is 4.39 Å². The highest BCUT2D eigenvalue weighted by Crippen LogP contribution is 2.38. The third-order valence-electron chi connectivity index (χ3n) is 4.04. The van der Waals surface area contributed by atoms with Crippen LogP contribution in [0, 0.1) is 11.2 Å². The van der Waals surface area contributed by atoms with Crippen LogP contribution in [0.3, 0.4) is 0 Å². The first kappa shape index (κ1) is 15.4. The smallest absolute Gasteiger partial charge is 0.241 e. The topological polar surface area (TPSA) is 66.4 Å². The molecule has 2 rings (SSSR count). The van der Waals surface area contributed by atoms with E-state index in [1.807, 2.05) is 13.8 Å². The molecule has 1 aromatic rings. The molecule has 4 nitrogen and oxygen atoms in total. The Kier molecular flexibility index (Phi) is 4.18. The van der Waals surface area contributed by atoms with Crippen molar-refractivity contribution < 1.29 is 17.9 Å². The zero-order valence-corrected chi connectivity index (χ0v) is 12.5. The zero-order valence-electron chi connectivity index (χ0n) is 11.7. The van der Waals surface area contributed by atoms with Crippen molar-refractivity contribution in [2.75, 3.05) is 0 Å². The monoisotopic (exact) mass is 301 g/mol. The molecule has 20 heavy (non-hydrogen) atoms. The maximum absolute atomic E-state index is 13.3. The van der Waals surface area contributed by atoms with Gasteiger partial charge in [0, 0.05) is 6.04 Å². The van der Waals surface area contributed by atoms with Gasteiger partial charge in [0.15, 0.2) is 0 Å². The number of sulfonamides is 1. The van der Waals surface area contributed by atoms with Crippen LogP contribution in [-0.2, 0) is 16.6 Å². The maximum atomic E-state index is 13.3. The minimum atomic E-state index is -3.83. The Morgan fingerprint density at radius 1 is 1.45 bits per heavy atom. The Balaban J connectivity index is 2.34. The summed E-state index contributed by atoms with van der Waals surface area (Å²) < 4.78 is 40.8. The van der Waals surface area contributed by atoms with Gasteiger partial charge in [0.2, 0.25) is 10.0 Å². The van der Waals surface area contributed by atoms with Crippen LogP contribution in [-0.4, -0.2) is 19.6 Å². The molecule has 1 fully saturated rings. The average molecular weight is 301 g/mol. The number of aliphatic hydroxyl groups is 1. The Labute approximate surface area is 119 Å². The Hall–Kier alpha value is -0.980. The number of aliphatic hydroxyl groups excluding tert-OH is 1. The molecule has 1 atom stereocenters. The number of benzene rings is 1. The van der Waals surface area contributed by atoms with E-state index < -0.39 is 22.4 Å². The van der Waals surface area contributed by atoms with Gasteiger partial charge in [0.1, 0.15) is 5.82 Å². The molecule has 0 aliphatic heterocycles. The van der Waals surface area contributed by atoms with Gasteiger partial charge in [-0.05, 0) is 36.0 Å². The molecule has 0 bridgehead atoms. The number of hydrogen-bond donors (Lipinski definition) is 2. The minimum Gasteiger partial charge on any atom is -0.392 e. The average Bonchev–Trinajstić information content (AvgIpc) is 2.68. The quantitative estimate of drug-likeness (QED) is 0.895. The molecule has 1 aliphatic carbocycles. The molecule has 0 aromatic heterocycles. The highest BCUT2D eigenvalue weighted by Gasteiger charge is 2.37. The summed E-state index contributed by atoms with van der Waals surface area (Å²) >= 11 is 0. The number of halogens is 1. The first-order chi connectivity index (χ1) is 9.26. The molecule has 1 aromatic carbocycles. The Bertz CT molecular complexity index is 598. The van der Waals surface area contributed by atoms with E-state index in [1.165, 1.54) is 6.07 Å². The standard InChI is InChI=1S/C14H20FNO3S/c1-14(2)7-3-4-13(14)16-20(18,19)12-8-11(15)6-5-10(12)9-17/h5-6,8,13,16-17H,3-4,7,9H2,1-2H3. The fraction of sp³-hybridized carbons (Fsp3) is 0.571. The van der Waals surface area contributed by atoms with Crippen molar-refractivity contribution >= 4 is 10.0 Å². The van der Waals surface area contributed by atoms with E-state index in [0.717, 1.165) is 31.4 Å². The van der Waals surface area contributed by atoms with Crippen LogP contribution in [0.2, 0.25) is 0 Å². The van der Waals surface area contributed by atoms with Gasteiger partial charge in [0.25, 0.3) is 0 Å². The first-order valence-electron chi connectivity index (χ1n) is 6.68. The van der Waals surface area contributed by atoms with Crippen LogP contribution in [0.15, 0.2) is 23.1 Å². The molecule has 2 N–H and O–H groups in total. The van der Waals surface area contributed by atoms with Gasteiger partial charge in [-0.15, -0.1) is 0 Å². The fourth-order valence-electron chi connectivity index (χ4n) is 2.71. The molecular weight excluding hydrogens is 281 g/mol. The second kappa shape index (κ2) is 5.42. The van der Waals surface area contributed by atoms with Gasteiger partial charge >= 0.3 is 0 Å². The van der Waals surface area contributed by atoms with Gasteiger partial charge in [0.05, 0.1) is 11.5 Å². The summed E-state index contributed by atoms with van der Waals surface area (Å²) in [5.74, 6) is -0.631. The zero-order chi connectivity index (χ0) is 15.0. The van der Waals surface area contributed by atoms with Crippen LogP contribution in [0.1, 0.15) is 38.7 Å². The molecular formula is C14H20FNO3S. The van der Waals surface area contributed by atoms with Crippen LogP contribution < -0.4 is 4.72 Å². The number of nitrogens with one attached hydrogen (secondary N) is 1. The van der Waals surface area contributed by atoms with Crippen molar-refractivity contribution in [1.82, 2.24) is 4.72 Å². The molecule has 0 amide bonds. The molecule has 0 saturated heterocycles. The Morgan fingerprint density at radius 2 is 2.15 bits per heavy atom. The third kappa shape index (κ3) is 3.02. The van der Waals surface area contributed by atoms with Gasteiger partial charge in [-0.3, -0.25) is 0 Å². The lowest BCUT2D eigenvalue weighted by molar-refractivity contribution is 0.278. The third-order valence-corrected chi connectivity index (χ3v) is 5.60. The summed E-state index contributed by atoms with van der Waals surface area (Å²) in [6, 6.07) is 3.23. The summed E-state index contributed by atoms with van der Waals surface area (Å²) in [6.07, 6.45) is 2.70. The molecule has 0 heterocycles. The van der Waals surface area contributed by atoms with Crippen molar-refractivity contribution in [2.45, 2.75) is 50.7 Å². The van der Waals surface area contributed by atoms with Crippen LogP contribution >= 0.6 is 0 Å². The largest absolute Gasteiger partial charge is 0.392 e. The van der Waals surface area contributed by atoms with Crippen molar-refractivity contribution in [2.24, 2.45) is 5.41 Å². The highest BCUT2D eigenvalue weighted by molar-refractivity contribution is 7.89. The van der Waals surface area contributed by atoms with Gasteiger partial charge in [-0.1, -0.05) is 26.3 Å². The molecule has 6 heteroatoms. The van der Waals surface area contributed by atoms with E-state index in [2.05, 4.69) is 4.72 Å². The lowest BCUT2D eigenvalue weighted by atomic mass is 9.88. The maximum Gasteiger partial charge on any atom is 0.241 e. The molecule has 112 valence electrons. The summed E-state index contributed by atoms with van der Waals surface area (Å²) in [5, 5.41) is 9.22. The van der Waals surface area contributed by atoms with Gasteiger partial charge in [-0.25, -0.2) is 17.5 Å². The lowest BCUT2D eigenvalue weighted by Gasteiger charge is -2.27. The van der Waals surface area contributed by atoms with E-state index in [1.54, 1.807) is 0 Å². The minimum absolute atomic E-state index is 0.111. The van der Waals surface area contributed by atoms with Crippen LogP contribution in [0.5, 0.6) is 0 Å². The predicted molar refractivity (Wildman–Crippen MR) is 74.1 cm³/mol. The van der Waals surface area contributed by atoms with E-state index >= 15 is 0 Å². The van der Waals surface area contributed by atoms with E-state index in [-0.39, 0.29) is 21.9 Å². The Morgan fingerprint density at radius 3 is 2.70 bits per heavy atom. The molecule has 0 radical (unpaired) electrons. The first-order valence-corrected chi connectivity index (χ1v) is 8.16. The summed E-state index contributed by atoms with van der Waals surface area (Å²) in [4.78, 5) is -0.178. The van der Waals surface area contributed by atoms with Crippen molar-refractivity contribution in [3.05, 3.63) is 29.6 Å².